The van der Waals surface area contributed by atoms with Crippen LogP contribution < -0.4 is 0 Å². The standard InChI is InChI=1S/C12H16O2/c1-9(2)12(14)7-6-10-4-3-5-11(13)8-10/h3-5,8-9,13H,6-7H2,1-2H3. The van der Waals surface area contributed by atoms with Gasteiger partial charge in [-0.25, -0.2) is 0 Å². The SMILES string of the molecule is CC(C)C(=O)CCc1cccc(O)c1. The van der Waals surface area contributed by atoms with E-state index in [0.717, 1.165) is 5.56 Å². The monoisotopic (exact) mass is 192 g/mol. The van der Waals surface area contributed by atoms with Crippen LogP contribution in [0, 0.1) is 5.92 Å². The fourth-order valence-electron chi connectivity index (χ4n) is 1.27. The molecule has 0 bridgehead atoms. The fraction of sp³-hybridized carbons (Fsp3) is 0.417. The molecule has 1 N–H and O–H groups in total. The average Bonchev–Trinajstić information content (AvgIpc) is 2.14. The minimum absolute atomic E-state index is 0.104. The molecule has 0 fully saturated rings. The van der Waals surface area contributed by atoms with Crippen molar-refractivity contribution >= 4 is 5.78 Å². The number of phenols is 1. The predicted molar refractivity (Wildman–Crippen MR) is 56.3 cm³/mol. The molecular formula is C12H16O2. The normalized spacial score (nSPS) is 10.5. The highest BCUT2D eigenvalue weighted by Gasteiger charge is 2.06. The van der Waals surface area contributed by atoms with E-state index < -0.39 is 0 Å². The minimum Gasteiger partial charge on any atom is -0.508 e. The second-order valence-corrected chi connectivity index (χ2v) is 3.79. The van der Waals surface area contributed by atoms with Gasteiger partial charge in [0.05, 0.1) is 0 Å². The topological polar surface area (TPSA) is 37.3 Å². The Morgan fingerprint density at radius 3 is 2.71 bits per heavy atom. The molecular weight excluding hydrogens is 176 g/mol. The number of carbonyl (C=O) groups is 1. The Labute approximate surface area is 84.6 Å². The van der Waals surface area contributed by atoms with E-state index in [2.05, 4.69) is 0 Å². The van der Waals surface area contributed by atoms with Gasteiger partial charge in [-0.2, -0.15) is 0 Å². The summed E-state index contributed by atoms with van der Waals surface area (Å²) in [6.45, 7) is 3.82. The lowest BCUT2D eigenvalue weighted by atomic mass is 10.0. The molecule has 0 atom stereocenters. The van der Waals surface area contributed by atoms with Crippen molar-refractivity contribution in [2.45, 2.75) is 26.7 Å². The van der Waals surface area contributed by atoms with Gasteiger partial charge < -0.3 is 5.11 Å². The van der Waals surface area contributed by atoms with Crippen molar-refractivity contribution in [2.24, 2.45) is 5.92 Å². The molecule has 0 saturated carbocycles. The molecule has 0 spiro atoms. The zero-order chi connectivity index (χ0) is 10.6. The van der Waals surface area contributed by atoms with E-state index in [9.17, 15) is 9.90 Å². The van der Waals surface area contributed by atoms with Gasteiger partial charge in [-0.05, 0) is 24.1 Å². The van der Waals surface area contributed by atoms with Crippen molar-refractivity contribution < 1.29 is 9.90 Å². The largest absolute Gasteiger partial charge is 0.508 e. The summed E-state index contributed by atoms with van der Waals surface area (Å²) in [5.74, 6) is 0.639. The third kappa shape index (κ3) is 3.21. The lowest BCUT2D eigenvalue weighted by Crippen LogP contribution is -2.07. The van der Waals surface area contributed by atoms with E-state index in [4.69, 9.17) is 0 Å². The van der Waals surface area contributed by atoms with Gasteiger partial charge in [-0.3, -0.25) is 4.79 Å². The number of hydrogen-bond donors (Lipinski definition) is 1. The van der Waals surface area contributed by atoms with Crippen molar-refractivity contribution in [3.63, 3.8) is 0 Å². The van der Waals surface area contributed by atoms with Crippen LogP contribution in [0.4, 0.5) is 0 Å². The van der Waals surface area contributed by atoms with E-state index in [-0.39, 0.29) is 17.5 Å². The first kappa shape index (κ1) is 10.8. The average molecular weight is 192 g/mol. The van der Waals surface area contributed by atoms with Crippen LogP contribution in [-0.2, 0) is 11.2 Å². The van der Waals surface area contributed by atoms with Crippen LogP contribution in [0.1, 0.15) is 25.8 Å². The quantitative estimate of drug-likeness (QED) is 0.796. The number of aryl methyl sites for hydroxylation is 1. The molecule has 0 saturated heterocycles. The van der Waals surface area contributed by atoms with Gasteiger partial charge in [0, 0.05) is 12.3 Å². The Morgan fingerprint density at radius 1 is 1.43 bits per heavy atom. The smallest absolute Gasteiger partial charge is 0.135 e. The maximum atomic E-state index is 11.3. The van der Waals surface area contributed by atoms with Crippen molar-refractivity contribution in [2.75, 3.05) is 0 Å². The molecule has 0 aliphatic heterocycles. The Balaban J connectivity index is 2.50. The molecule has 0 aliphatic rings. The van der Waals surface area contributed by atoms with Gasteiger partial charge in [0.25, 0.3) is 0 Å². The van der Waals surface area contributed by atoms with Crippen molar-refractivity contribution in [1.29, 1.82) is 0 Å². The second kappa shape index (κ2) is 4.80. The van der Waals surface area contributed by atoms with E-state index in [1.807, 2.05) is 19.9 Å². The summed E-state index contributed by atoms with van der Waals surface area (Å²) in [4.78, 5) is 11.3. The zero-order valence-electron chi connectivity index (χ0n) is 8.66. The van der Waals surface area contributed by atoms with Crippen molar-refractivity contribution in [3.8, 4) is 5.75 Å². The first-order valence-corrected chi connectivity index (χ1v) is 4.90. The number of ketones is 1. The van der Waals surface area contributed by atoms with Gasteiger partial charge in [-0.1, -0.05) is 26.0 Å². The molecule has 0 aromatic heterocycles. The molecule has 14 heavy (non-hydrogen) atoms. The summed E-state index contributed by atoms with van der Waals surface area (Å²) in [5.41, 5.74) is 1.01. The summed E-state index contributed by atoms with van der Waals surface area (Å²) >= 11 is 0. The third-order valence-electron chi connectivity index (χ3n) is 2.21. The van der Waals surface area contributed by atoms with Gasteiger partial charge in [0.2, 0.25) is 0 Å². The Morgan fingerprint density at radius 2 is 2.14 bits per heavy atom. The van der Waals surface area contributed by atoms with Gasteiger partial charge >= 0.3 is 0 Å². The predicted octanol–water partition coefficient (Wildman–Crippen LogP) is 2.55. The molecule has 1 aromatic carbocycles. The Bertz CT molecular complexity index is 316. The van der Waals surface area contributed by atoms with E-state index in [0.29, 0.717) is 12.8 Å². The second-order valence-electron chi connectivity index (χ2n) is 3.79. The maximum Gasteiger partial charge on any atom is 0.135 e. The highest BCUT2D eigenvalue weighted by Crippen LogP contribution is 2.13. The number of phenolic OH excluding ortho intramolecular Hbond substituents is 1. The zero-order valence-corrected chi connectivity index (χ0v) is 8.66. The fourth-order valence-corrected chi connectivity index (χ4v) is 1.27. The van der Waals surface area contributed by atoms with Crippen LogP contribution in [0.3, 0.4) is 0 Å². The summed E-state index contributed by atoms with van der Waals surface area (Å²) in [7, 11) is 0. The maximum absolute atomic E-state index is 11.3. The van der Waals surface area contributed by atoms with Gasteiger partial charge in [0.1, 0.15) is 11.5 Å². The van der Waals surface area contributed by atoms with E-state index >= 15 is 0 Å². The molecule has 0 aliphatic carbocycles. The number of benzene rings is 1. The first-order valence-electron chi connectivity index (χ1n) is 4.90. The number of rotatable bonds is 4. The Hall–Kier alpha value is -1.31. The van der Waals surface area contributed by atoms with Crippen LogP contribution in [-0.4, -0.2) is 10.9 Å². The van der Waals surface area contributed by atoms with Crippen LogP contribution in [0.5, 0.6) is 5.75 Å². The van der Waals surface area contributed by atoms with E-state index in [1.165, 1.54) is 0 Å². The van der Waals surface area contributed by atoms with Crippen LogP contribution >= 0.6 is 0 Å². The van der Waals surface area contributed by atoms with E-state index in [1.54, 1.807) is 18.2 Å². The summed E-state index contributed by atoms with van der Waals surface area (Å²) < 4.78 is 0. The molecule has 1 aromatic rings. The molecule has 76 valence electrons. The van der Waals surface area contributed by atoms with Crippen LogP contribution in [0.25, 0.3) is 0 Å². The molecule has 1 rings (SSSR count). The van der Waals surface area contributed by atoms with Crippen LogP contribution in [0.15, 0.2) is 24.3 Å². The van der Waals surface area contributed by atoms with Crippen LogP contribution in [0.2, 0.25) is 0 Å². The van der Waals surface area contributed by atoms with Crippen molar-refractivity contribution in [3.05, 3.63) is 29.8 Å². The van der Waals surface area contributed by atoms with Gasteiger partial charge in [-0.15, -0.1) is 0 Å². The highest BCUT2D eigenvalue weighted by atomic mass is 16.3. The molecule has 0 heterocycles. The summed E-state index contributed by atoms with van der Waals surface area (Å²) in [5, 5.41) is 9.20. The van der Waals surface area contributed by atoms with Gasteiger partial charge in [0.15, 0.2) is 0 Å². The van der Waals surface area contributed by atoms with Crippen molar-refractivity contribution in [1.82, 2.24) is 0 Å². The summed E-state index contributed by atoms with van der Waals surface area (Å²) in [6.07, 6.45) is 1.27. The number of carbonyl (C=O) groups excluding carboxylic acids is 1. The molecule has 2 nitrogen and oxygen atoms in total. The number of hydrogen-bond acceptors (Lipinski definition) is 2. The molecule has 0 unspecified atom stereocenters. The molecule has 0 amide bonds. The lowest BCUT2D eigenvalue weighted by molar-refractivity contribution is -0.121. The third-order valence-corrected chi connectivity index (χ3v) is 2.21. The summed E-state index contributed by atoms with van der Waals surface area (Å²) in [6, 6.07) is 7.05. The lowest BCUT2D eigenvalue weighted by Gasteiger charge is -2.04. The Kier molecular flexibility index (Phi) is 3.69. The molecule has 2 heteroatoms. The first-order chi connectivity index (χ1) is 6.59. The highest BCUT2D eigenvalue weighted by molar-refractivity contribution is 5.80. The molecule has 0 radical (unpaired) electrons. The minimum atomic E-state index is 0.104. The number of Topliss-reactive ketones (excluding diaryl/α,β-unsaturated/α-hetero) is 1. The number of aromatic hydroxyl groups is 1.